The molecule has 1 aromatic rings. The van der Waals surface area contributed by atoms with Gasteiger partial charge in [-0.2, -0.15) is 0 Å². The Balaban J connectivity index is 2.26. The molecule has 0 bridgehead atoms. The van der Waals surface area contributed by atoms with Crippen LogP contribution in [0.3, 0.4) is 0 Å². The molecule has 4 heteroatoms. The van der Waals surface area contributed by atoms with Crippen molar-refractivity contribution in [2.45, 2.75) is 25.3 Å². The van der Waals surface area contributed by atoms with Gasteiger partial charge in [-0.25, -0.2) is 0 Å². The van der Waals surface area contributed by atoms with Gasteiger partial charge in [0, 0.05) is 6.20 Å². The lowest BCUT2D eigenvalue weighted by molar-refractivity contribution is 0.390. The molecule has 3 nitrogen and oxygen atoms in total. The molecule has 1 aromatic heterocycles. The third-order valence-electron chi connectivity index (χ3n) is 2.74. The van der Waals surface area contributed by atoms with Gasteiger partial charge in [0.25, 0.3) is 0 Å². The Labute approximate surface area is 98.4 Å². The maximum atomic E-state index is 5.26. The fourth-order valence-electron chi connectivity index (χ4n) is 1.93. The summed E-state index contributed by atoms with van der Waals surface area (Å²) in [5, 5.41) is 3.48. The van der Waals surface area contributed by atoms with E-state index in [4.69, 9.17) is 4.74 Å². The Hall–Kier alpha value is -0.610. The summed E-state index contributed by atoms with van der Waals surface area (Å²) in [7, 11) is 1.68. The average molecular weight is 271 g/mol. The molecule has 2 heterocycles. The molecule has 15 heavy (non-hydrogen) atoms. The van der Waals surface area contributed by atoms with Gasteiger partial charge < -0.3 is 10.1 Å². The van der Waals surface area contributed by atoms with Crippen molar-refractivity contribution in [3.8, 4) is 5.75 Å². The summed E-state index contributed by atoms with van der Waals surface area (Å²) in [6.07, 6.45) is 5.48. The quantitative estimate of drug-likeness (QED) is 0.898. The molecule has 0 radical (unpaired) electrons. The van der Waals surface area contributed by atoms with E-state index in [1.165, 1.54) is 12.8 Å². The van der Waals surface area contributed by atoms with E-state index in [9.17, 15) is 0 Å². The van der Waals surface area contributed by atoms with Crippen LogP contribution in [0.4, 0.5) is 0 Å². The largest absolute Gasteiger partial charge is 0.495 e. The number of piperidine rings is 1. The molecular weight excluding hydrogens is 256 g/mol. The van der Waals surface area contributed by atoms with Crippen LogP contribution in [0.2, 0.25) is 0 Å². The normalized spacial score (nSPS) is 21.3. The first-order chi connectivity index (χ1) is 7.33. The highest BCUT2D eigenvalue weighted by atomic mass is 79.9. The molecule has 0 spiro atoms. The summed E-state index contributed by atoms with van der Waals surface area (Å²) < 4.78 is 6.24. The van der Waals surface area contributed by atoms with Gasteiger partial charge in [-0.1, -0.05) is 6.42 Å². The van der Waals surface area contributed by atoms with Crippen molar-refractivity contribution >= 4 is 15.9 Å². The number of aromatic nitrogens is 1. The van der Waals surface area contributed by atoms with Gasteiger partial charge in [-0.05, 0) is 41.4 Å². The van der Waals surface area contributed by atoms with E-state index in [1.807, 2.05) is 6.07 Å². The molecule has 0 saturated carbocycles. The zero-order chi connectivity index (χ0) is 10.7. The topological polar surface area (TPSA) is 34.1 Å². The van der Waals surface area contributed by atoms with Crippen LogP contribution in [0, 0.1) is 0 Å². The number of hydrogen-bond donors (Lipinski definition) is 1. The Morgan fingerprint density at radius 2 is 2.40 bits per heavy atom. The van der Waals surface area contributed by atoms with Crippen LogP contribution in [-0.2, 0) is 0 Å². The number of pyridine rings is 1. The van der Waals surface area contributed by atoms with Crippen LogP contribution in [0.15, 0.2) is 16.7 Å². The standard InChI is InChI=1S/C11H15BrN2O/c1-15-9-5-7-14-11(10(9)12)8-4-2-3-6-13-8/h5,7-8,13H,2-4,6H2,1H3. The molecule has 2 rings (SSSR count). The number of nitrogens with one attached hydrogen (secondary N) is 1. The molecule has 1 unspecified atom stereocenters. The van der Waals surface area contributed by atoms with Gasteiger partial charge in [-0.15, -0.1) is 0 Å². The third-order valence-corrected chi connectivity index (χ3v) is 3.54. The van der Waals surface area contributed by atoms with Crippen molar-refractivity contribution in [2.24, 2.45) is 0 Å². The lowest BCUT2D eigenvalue weighted by Gasteiger charge is -2.24. The van der Waals surface area contributed by atoms with Crippen LogP contribution in [0.1, 0.15) is 31.0 Å². The number of rotatable bonds is 2. The van der Waals surface area contributed by atoms with Crippen molar-refractivity contribution in [2.75, 3.05) is 13.7 Å². The van der Waals surface area contributed by atoms with Crippen LogP contribution < -0.4 is 10.1 Å². The first-order valence-corrected chi connectivity index (χ1v) is 6.04. The molecule has 1 fully saturated rings. The van der Waals surface area contributed by atoms with E-state index >= 15 is 0 Å². The summed E-state index contributed by atoms with van der Waals surface area (Å²) in [5.41, 5.74) is 1.06. The Morgan fingerprint density at radius 1 is 1.53 bits per heavy atom. The second kappa shape index (κ2) is 4.94. The number of nitrogens with zero attached hydrogens (tertiary/aromatic N) is 1. The second-order valence-corrected chi connectivity index (χ2v) is 4.51. The SMILES string of the molecule is COc1ccnc(C2CCCCN2)c1Br. The number of methoxy groups -OCH3 is 1. The van der Waals surface area contributed by atoms with Crippen LogP contribution in [-0.4, -0.2) is 18.6 Å². The number of hydrogen-bond acceptors (Lipinski definition) is 3. The molecule has 1 N–H and O–H groups in total. The molecule has 1 atom stereocenters. The van der Waals surface area contributed by atoms with Gasteiger partial charge in [-0.3, -0.25) is 4.98 Å². The molecule has 1 aliphatic rings. The molecule has 0 aromatic carbocycles. The Bertz CT molecular complexity index is 337. The van der Waals surface area contributed by atoms with Crippen molar-refractivity contribution in [3.63, 3.8) is 0 Å². The second-order valence-electron chi connectivity index (χ2n) is 3.71. The maximum absolute atomic E-state index is 5.26. The van der Waals surface area contributed by atoms with Gasteiger partial charge in [0.2, 0.25) is 0 Å². The minimum absolute atomic E-state index is 0.364. The first kappa shape index (κ1) is 10.9. The highest BCUT2D eigenvalue weighted by Gasteiger charge is 2.20. The minimum Gasteiger partial charge on any atom is -0.495 e. The molecule has 0 aliphatic carbocycles. The van der Waals surface area contributed by atoms with Gasteiger partial charge in [0.1, 0.15) is 5.75 Å². The van der Waals surface area contributed by atoms with Crippen LogP contribution in [0.25, 0.3) is 0 Å². The summed E-state index contributed by atoms with van der Waals surface area (Å²) in [6.45, 7) is 1.08. The lowest BCUT2D eigenvalue weighted by atomic mass is 10.0. The zero-order valence-electron chi connectivity index (χ0n) is 8.79. The smallest absolute Gasteiger partial charge is 0.136 e. The van der Waals surface area contributed by atoms with Crippen molar-refractivity contribution in [1.29, 1.82) is 0 Å². The van der Waals surface area contributed by atoms with Crippen molar-refractivity contribution < 1.29 is 4.74 Å². The fourth-order valence-corrected chi connectivity index (χ4v) is 2.60. The predicted molar refractivity (Wildman–Crippen MR) is 63.1 cm³/mol. The van der Waals surface area contributed by atoms with E-state index in [0.717, 1.165) is 28.9 Å². The van der Waals surface area contributed by atoms with Crippen molar-refractivity contribution in [1.82, 2.24) is 10.3 Å². The van der Waals surface area contributed by atoms with Crippen LogP contribution in [0.5, 0.6) is 5.75 Å². The van der Waals surface area contributed by atoms with Crippen LogP contribution >= 0.6 is 15.9 Å². The van der Waals surface area contributed by atoms with E-state index in [1.54, 1.807) is 13.3 Å². The lowest BCUT2D eigenvalue weighted by Crippen LogP contribution is -2.27. The first-order valence-electron chi connectivity index (χ1n) is 5.24. The molecule has 1 saturated heterocycles. The maximum Gasteiger partial charge on any atom is 0.136 e. The zero-order valence-corrected chi connectivity index (χ0v) is 10.4. The van der Waals surface area contributed by atoms with E-state index in [2.05, 4.69) is 26.2 Å². The van der Waals surface area contributed by atoms with Crippen molar-refractivity contribution in [3.05, 3.63) is 22.4 Å². The third kappa shape index (κ3) is 2.32. The minimum atomic E-state index is 0.364. The number of halogens is 1. The summed E-state index contributed by atoms with van der Waals surface area (Å²) >= 11 is 3.55. The predicted octanol–water partition coefficient (Wildman–Crippen LogP) is 2.67. The highest BCUT2D eigenvalue weighted by Crippen LogP contribution is 2.33. The summed E-state index contributed by atoms with van der Waals surface area (Å²) in [5.74, 6) is 0.854. The highest BCUT2D eigenvalue weighted by molar-refractivity contribution is 9.10. The van der Waals surface area contributed by atoms with Gasteiger partial charge >= 0.3 is 0 Å². The van der Waals surface area contributed by atoms with Gasteiger partial charge in [0.05, 0.1) is 23.3 Å². The summed E-state index contributed by atoms with van der Waals surface area (Å²) in [4.78, 5) is 4.42. The Morgan fingerprint density at radius 3 is 3.07 bits per heavy atom. The Kier molecular flexibility index (Phi) is 3.59. The monoisotopic (exact) mass is 270 g/mol. The number of ether oxygens (including phenoxy) is 1. The molecule has 0 amide bonds. The summed E-state index contributed by atoms with van der Waals surface area (Å²) in [6, 6.07) is 2.24. The molecule has 1 aliphatic heterocycles. The van der Waals surface area contributed by atoms with E-state index < -0.39 is 0 Å². The average Bonchev–Trinajstić information content (AvgIpc) is 2.30. The molecular formula is C11H15BrN2O. The fraction of sp³-hybridized carbons (Fsp3) is 0.545. The van der Waals surface area contributed by atoms with E-state index in [0.29, 0.717) is 6.04 Å². The van der Waals surface area contributed by atoms with E-state index in [-0.39, 0.29) is 0 Å². The van der Waals surface area contributed by atoms with Gasteiger partial charge in [0.15, 0.2) is 0 Å². The molecule has 82 valence electrons.